The summed E-state index contributed by atoms with van der Waals surface area (Å²) in [5.74, 6) is 5.17. The van der Waals surface area contributed by atoms with Crippen molar-refractivity contribution in [1.82, 2.24) is 0 Å². The zero-order chi connectivity index (χ0) is 22.0. The van der Waals surface area contributed by atoms with E-state index in [9.17, 15) is 0 Å². The maximum absolute atomic E-state index is 6.82. The molecule has 4 aromatic rings. The number of nitrogens with zero attached hydrogens (tertiary/aromatic N) is 1. The molecule has 0 N–H and O–H groups in total. The minimum absolute atomic E-state index is 1.01. The van der Waals surface area contributed by atoms with Crippen LogP contribution in [-0.2, 0) is 7.05 Å². The SMILES string of the molecule is Cc1ccc2c(oc3c([C]4=CC5=[C](CCCC5)[Ge]4([CH3])[CH3])cccc32)c1-c1cccc[n+]1C. The van der Waals surface area contributed by atoms with Crippen molar-refractivity contribution in [2.75, 3.05) is 0 Å². The minimum atomic E-state index is -2.26. The van der Waals surface area contributed by atoms with Crippen LogP contribution in [0.25, 0.3) is 37.6 Å². The molecule has 0 amide bonds. The Morgan fingerprint density at radius 1 is 0.875 bits per heavy atom. The number of benzene rings is 2. The molecule has 0 saturated heterocycles. The first kappa shape index (κ1) is 20.1. The van der Waals surface area contributed by atoms with Crippen molar-refractivity contribution in [2.45, 2.75) is 44.1 Å². The first-order valence-electron chi connectivity index (χ1n) is 11.8. The van der Waals surface area contributed by atoms with E-state index in [1.54, 1.807) is 9.98 Å². The molecule has 6 rings (SSSR count). The molecule has 2 nitrogen and oxygen atoms in total. The van der Waals surface area contributed by atoms with Crippen LogP contribution in [0.1, 0.15) is 36.8 Å². The second-order valence-electron chi connectivity index (χ2n) is 10.0. The summed E-state index contributed by atoms with van der Waals surface area (Å²) >= 11 is -2.26. The fraction of sp³-hybridized carbons (Fsp3) is 0.276. The van der Waals surface area contributed by atoms with Crippen LogP contribution < -0.4 is 4.57 Å². The van der Waals surface area contributed by atoms with E-state index in [2.05, 4.69) is 90.9 Å². The quantitative estimate of drug-likeness (QED) is 0.215. The van der Waals surface area contributed by atoms with Crippen LogP contribution in [0.15, 0.2) is 75.2 Å². The Bertz CT molecular complexity index is 1470. The van der Waals surface area contributed by atoms with Gasteiger partial charge in [0.25, 0.3) is 0 Å². The van der Waals surface area contributed by atoms with E-state index in [4.69, 9.17) is 4.42 Å². The molecule has 0 unspecified atom stereocenters. The first-order chi connectivity index (χ1) is 15.5. The van der Waals surface area contributed by atoms with Crippen molar-refractivity contribution < 1.29 is 8.98 Å². The monoisotopic (exact) mass is 482 g/mol. The van der Waals surface area contributed by atoms with Crippen LogP contribution in [0, 0.1) is 6.92 Å². The zero-order valence-corrected chi connectivity index (χ0v) is 21.6. The maximum atomic E-state index is 6.82. The fourth-order valence-corrected chi connectivity index (χ4v) is 13.4. The average Bonchev–Trinajstić information content (AvgIpc) is 3.29. The van der Waals surface area contributed by atoms with Gasteiger partial charge < -0.3 is 0 Å². The molecule has 2 aliphatic rings. The second-order valence-corrected chi connectivity index (χ2v) is 19.2. The zero-order valence-electron chi connectivity index (χ0n) is 19.5. The van der Waals surface area contributed by atoms with Gasteiger partial charge in [-0.3, -0.25) is 0 Å². The molecule has 3 heteroatoms. The topological polar surface area (TPSA) is 17.0 Å². The predicted molar refractivity (Wildman–Crippen MR) is 136 cm³/mol. The van der Waals surface area contributed by atoms with Gasteiger partial charge in [0.05, 0.1) is 0 Å². The third-order valence-electron chi connectivity index (χ3n) is 7.73. The van der Waals surface area contributed by atoms with E-state index < -0.39 is 13.3 Å². The number of rotatable bonds is 2. The molecule has 1 aliphatic heterocycles. The number of allylic oxidation sites excluding steroid dienone is 3. The van der Waals surface area contributed by atoms with Gasteiger partial charge in [0.2, 0.25) is 0 Å². The molecular weight excluding hydrogens is 451 g/mol. The molecule has 0 spiro atoms. The third kappa shape index (κ3) is 2.82. The van der Waals surface area contributed by atoms with Gasteiger partial charge in [0.1, 0.15) is 0 Å². The summed E-state index contributed by atoms with van der Waals surface area (Å²) in [5.41, 5.74) is 8.69. The Balaban J connectivity index is 1.62. The van der Waals surface area contributed by atoms with Crippen molar-refractivity contribution in [1.29, 1.82) is 0 Å². The van der Waals surface area contributed by atoms with Gasteiger partial charge in [-0.25, -0.2) is 0 Å². The molecule has 0 bridgehead atoms. The van der Waals surface area contributed by atoms with Gasteiger partial charge in [-0.15, -0.1) is 0 Å². The molecule has 1 aliphatic carbocycles. The van der Waals surface area contributed by atoms with Gasteiger partial charge in [-0.05, 0) is 0 Å². The summed E-state index contributed by atoms with van der Waals surface area (Å²) < 4.78 is 12.4. The van der Waals surface area contributed by atoms with Crippen LogP contribution in [0.5, 0.6) is 0 Å². The van der Waals surface area contributed by atoms with E-state index in [-0.39, 0.29) is 0 Å². The second kappa shape index (κ2) is 7.21. The van der Waals surface area contributed by atoms with E-state index in [1.165, 1.54) is 58.8 Å². The standard InChI is InChI=1S/C29H30GeNO/c1-19-15-16-22-21-11-9-12-23(25-18-20-10-5-6-13-24(20)30(25,2)3)28(21)32-29(22)27(19)26-14-7-8-17-31(26)4/h7-9,11-12,14-18H,5-6,10,13H2,1-4H3/q+1. The Morgan fingerprint density at radius 3 is 2.50 bits per heavy atom. The third-order valence-corrected chi connectivity index (χ3v) is 15.8. The predicted octanol–water partition coefficient (Wildman–Crippen LogP) is 7.44. The van der Waals surface area contributed by atoms with Crippen molar-refractivity contribution in [2.24, 2.45) is 7.05 Å². The first-order valence-corrected chi connectivity index (χ1v) is 18.1. The Labute approximate surface area is 192 Å². The summed E-state index contributed by atoms with van der Waals surface area (Å²) in [7, 11) is 2.11. The molecule has 2 aromatic heterocycles. The molecule has 0 radical (unpaired) electrons. The molecule has 0 saturated carbocycles. The molecule has 160 valence electrons. The van der Waals surface area contributed by atoms with Crippen molar-refractivity contribution in [3.63, 3.8) is 0 Å². The number of aromatic nitrogens is 1. The van der Waals surface area contributed by atoms with Gasteiger partial charge >= 0.3 is 193 Å². The average molecular weight is 481 g/mol. The van der Waals surface area contributed by atoms with Crippen LogP contribution in [0.3, 0.4) is 0 Å². The van der Waals surface area contributed by atoms with Crippen molar-refractivity contribution in [3.05, 3.63) is 81.9 Å². The number of pyridine rings is 1. The number of furan rings is 1. The van der Waals surface area contributed by atoms with Gasteiger partial charge in [0.15, 0.2) is 0 Å². The molecule has 3 heterocycles. The molecule has 32 heavy (non-hydrogen) atoms. The summed E-state index contributed by atoms with van der Waals surface area (Å²) in [4.78, 5) is 0. The summed E-state index contributed by atoms with van der Waals surface area (Å²) in [6, 6.07) is 17.6. The Kier molecular flexibility index (Phi) is 4.52. The molecule has 0 atom stereocenters. The van der Waals surface area contributed by atoms with E-state index in [0.29, 0.717) is 0 Å². The van der Waals surface area contributed by atoms with Crippen LogP contribution >= 0.6 is 0 Å². The number of hydrogen-bond donors (Lipinski definition) is 0. The van der Waals surface area contributed by atoms with Crippen LogP contribution in [-0.4, -0.2) is 13.3 Å². The van der Waals surface area contributed by atoms with Gasteiger partial charge in [0, 0.05) is 0 Å². The number of aryl methyl sites for hydroxylation is 2. The Morgan fingerprint density at radius 2 is 1.69 bits per heavy atom. The number of fused-ring (bicyclic) bond motifs is 3. The Hall–Kier alpha value is -2.59. The van der Waals surface area contributed by atoms with Gasteiger partial charge in [-0.2, -0.15) is 0 Å². The number of para-hydroxylation sites is 1. The summed E-state index contributed by atoms with van der Waals surface area (Å²) in [6.45, 7) is 2.19. The van der Waals surface area contributed by atoms with Crippen LogP contribution in [0.2, 0.25) is 11.5 Å². The van der Waals surface area contributed by atoms with Crippen molar-refractivity contribution in [3.8, 4) is 11.3 Å². The summed E-state index contributed by atoms with van der Waals surface area (Å²) in [6.07, 6.45) is 9.94. The number of hydrogen-bond acceptors (Lipinski definition) is 1. The molecule has 0 fully saturated rings. The van der Waals surface area contributed by atoms with E-state index >= 15 is 0 Å². The molecular formula is C29H30GeNO+. The van der Waals surface area contributed by atoms with Crippen LogP contribution in [0.4, 0.5) is 0 Å². The van der Waals surface area contributed by atoms with Gasteiger partial charge in [-0.1, -0.05) is 0 Å². The summed E-state index contributed by atoms with van der Waals surface area (Å²) in [5, 5.41) is 2.45. The van der Waals surface area contributed by atoms with E-state index in [1.807, 2.05) is 4.41 Å². The molecule has 2 aromatic carbocycles. The normalized spacial score (nSPS) is 17.8. The fourth-order valence-electron chi connectivity index (χ4n) is 6.01. The van der Waals surface area contributed by atoms with Crippen molar-refractivity contribution >= 4 is 39.6 Å². The van der Waals surface area contributed by atoms with E-state index in [0.717, 1.165) is 11.2 Å².